The number of nitrogens with zero attached hydrogens (tertiary/aromatic N) is 4. The van der Waals surface area contributed by atoms with Gasteiger partial charge >= 0.3 is 0 Å². The molecule has 0 fully saturated rings. The zero-order chi connectivity index (χ0) is 34.7. The third kappa shape index (κ3) is 13.2. The monoisotopic (exact) mass is 778 g/mol. The van der Waals surface area contributed by atoms with Gasteiger partial charge in [0.2, 0.25) is 11.9 Å². The van der Waals surface area contributed by atoms with E-state index in [0.717, 1.165) is 31.4 Å². The molecule has 0 aliphatic carbocycles. The first-order chi connectivity index (χ1) is 23.2. The van der Waals surface area contributed by atoms with Gasteiger partial charge in [0, 0.05) is 33.5 Å². The third-order valence-electron chi connectivity index (χ3n) is 5.93. The first kappa shape index (κ1) is 37.7. The van der Waals surface area contributed by atoms with Crippen molar-refractivity contribution >= 4 is 67.1 Å². The second-order valence-corrected chi connectivity index (χ2v) is 11.5. The van der Waals surface area contributed by atoms with Crippen molar-refractivity contribution in [2.45, 2.75) is 26.2 Å². The molecule has 14 heteroatoms. The number of aliphatic imine (C=N–C) groups is 4. The first-order valence-corrected chi connectivity index (χ1v) is 16.6. The fourth-order valence-electron chi connectivity index (χ4n) is 3.95. The van der Waals surface area contributed by atoms with Crippen LogP contribution in [0.3, 0.4) is 0 Å². The third-order valence-corrected chi connectivity index (χ3v) is 6.99. The topological polar surface area (TPSA) is 190 Å². The van der Waals surface area contributed by atoms with Crippen molar-refractivity contribution in [2.24, 2.45) is 31.4 Å². The molecule has 0 aromatic heterocycles. The van der Waals surface area contributed by atoms with Crippen LogP contribution < -0.4 is 32.7 Å². The number of rotatable bonds is 4. The van der Waals surface area contributed by atoms with E-state index in [0.29, 0.717) is 23.8 Å². The molecule has 252 valence electrons. The van der Waals surface area contributed by atoms with Crippen LogP contribution in [0.2, 0.25) is 0 Å². The van der Waals surface area contributed by atoms with Crippen LogP contribution in [0.15, 0.2) is 138 Å². The molecule has 0 unspecified atom stereocenters. The summed E-state index contributed by atoms with van der Waals surface area (Å²) in [6.07, 6.45) is -0.657. The van der Waals surface area contributed by atoms with Crippen LogP contribution in [-0.4, -0.2) is 47.3 Å². The van der Waals surface area contributed by atoms with E-state index in [-0.39, 0.29) is 25.5 Å². The van der Waals surface area contributed by atoms with Crippen molar-refractivity contribution in [3.05, 3.63) is 129 Å². The van der Waals surface area contributed by atoms with Gasteiger partial charge in [-0.1, -0.05) is 92.5 Å². The van der Waals surface area contributed by atoms with Crippen molar-refractivity contribution in [3.63, 3.8) is 0 Å². The maximum Gasteiger partial charge on any atom is 0.205 e. The molecule has 12 nitrogen and oxygen atoms in total. The number of halogens is 2. The minimum Gasteiger partial charge on any atom is -0.397 e. The Hall–Kier alpha value is -4.76. The average Bonchev–Trinajstić information content (AvgIpc) is 3.08. The van der Waals surface area contributed by atoms with Gasteiger partial charge in [-0.15, -0.1) is 0 Å². The molecule has 0 bridgehead atoms. The number of guanidine groups is 4. The number of benzene rings is 4. The van der Waals surface area contributed by atoms with Gasteiger partial charge < -0.3 is 32.3 Å². The van der Waals surface area contributed by atoms with Crippen LogP contribution in [0.25, 0.3) is 0 Å². The van der Waals surface area contributed by atoms with E-state index < -0.39 is 0 Å². The van der Waals surface area contributed by atoms with E-state index in [4.69, 9.17) is 21.7 Å². The predicted octanol–water partition coefficient (Wildman–Crippen LogP) is 5.66. The number of hydrogen-bond donors (Lipinski definition) is 8. The van der Waals surface area contributed by atoms with Gasteiger partial charge in [-0.2, -0.15) is 0 Å². The number of nitrogens with two attached hydrogens (primary N) is 2. The van der Waals surface area contributed by atoms with Crippen LogP contribution in [0.5, 0.6) is 0 Å². The van der Waals surface area contributed by atoms with E-state index in [1.165, 1.54) is 0 Å². The van der Waals surface area contributed by atoms with Crippen molar-refractivity contribution in [3.8, 4) is 0 Å². The van der Waals surface area contributed by atoms with Gasteiger partial charge in [-0.25, -0.2) is 20.0 Å². The summed E-state index contributed by atoms with van der Waals surface area (Å²) in [5.74, 6) is 1.86. The maximum atomic E-state index is 7.57. The van der Waals surface area contributed by atoms with Gasteiger partial charge in [0.1, 0.15) is 0 Å². The largest absolute Gasteiger partial charge is 0.397 e. The highest BCUT2D eigenvalue weighted by Gasteiger charge is 2.17. The molecule has 2 heterocycles. The summed E-state index contributed by atoms with van der Waals surface area (Å²) in [6, 6.07) is 35.3. The molecule has 6 rings (SSSR count). The average molecular weight is 781 g/mol. The molecule has 10 N–H and O–H groups in total. The van der Waals surface area contributed by atoms with E-state index in [1.807, 2.05) is 109 Å². The standard InChI is InChI=1S/2C15H14BrN5.2C2H6O/c2*16-11-6-8-12(9-7-11)18-15-20-13(19-14(17)21-15)10-4-2-1-3-5-10;2*1-2-3/h2*1-9,13H,(H4,17,18,19,20,21);2*3H,2H2,1H3/t2*13-;;/m10../s1. The predicted molar refractivity (Wildman–Crippen MR) is 204 cm³/mol. The van der Waals surface area contributed by atoms with Crippen LogP contribution in [0.1, 0.15) is 37.3 Å². The Morgan fingerprint density at radius 2 is 0.875 bits per heavy atom. The summed E-state index contributed by atoms with van der Waals surface area (Å²) in [4.78, 5) is 17.7. The summed E-state index contributed by atoms with van der Waals surface area (Å²) in [5.41, 5.74) is 15.5. The lowest BCUT2D eigenvalue weighted by Crippen LogP contribution is -2.43. The maximum absolute atomic E-state index is 7.57. The van der Waals surface area contributed by atoms with Crippen LogP contribution in [0, 0.1) is 0 Å². The smallest absolute Gasteiger partial charge is 0.205 e. The highest BCUT2D eigenvalue weighted by atomic mass is 79.9. The molecule has 0 amide bonds. The van der Waals surface area contributed by atoms with Gasteiger partial charge in [0.05, 0.1) is 0 Å². The molecule has 2 aliphatic heterocycles. The van der Waals surface area contributed by atoms with E-state index in [9.17, 15) is 0 Å². The fraction of sp³-hybridized carbons (Fsp3) is 0.176. The normalized spacial score (nSPS) is 16.0. The fourth-order valence-corrected chi connectivity index (χ4v) is 4.48. The summed E-state index contributed by atoms with van der Waals surface area (Å²) >= 11 is 6.82. The Morgan fingerprint density at radius 1 is 0.562 bits per heavy atom. The highest BCUT2D eigenvalue weighted by Crippen LogP contribution is 2.22. The van der Waals surface area contributed by atoms with E-state index in [1.54, 1.807) is 13.8 Å². The molecular formula is C34H40Br2N10O2. The molecule has 4 aromatic rings. The lowest BCUT2D eigenvalue weighted by Gasteiger charge is -2.20. The minimum absolute atomic E-state index is 0.250. The Balaban J connectivity index is 0.000000224. The second-order valence-electron chi connectivity index (χ2n) is 9.70. The van der Waals surface area contributed by atoms with E-state index >= 15 is 0 Å². The molecule has 0 radical (unpaired) electrons. The Morgan fingerprint density at radius 3 is 1.19 bits per heavy atom. The summed E-state index contributed by atoms with van der Waals surface area (Å²) in [5, 5.41) is 27.4. The quantitative estimate of drug-likeness (QED) is 0.130. The molecule has 2 atom stereocenters. The summed E-state index contributed by atoms with van der Waals surface area (Å²) in [6.45, 7) is 3.86. The minimum atomic E-state index is -0.328. The van der Waals surface area contributed by atoms with Gasteiger partial charge in [-0.05, 0) is 73.5 Å². The first-order valence-electron chi connectivity index (χ1n) is 15.0. The van der Waals surface area contributed by atoms with Crippen LogP contribution in [0.4, 0.5) is 11.4 Å². The van der Waals surface area contributed by atoms with Gasteiger partial charge in [-0.3, -0.25) is 10.6 Å². The Bertz CT molecular complexity index is 1530. The van der Waals surface area contributed by atoms with E-state index in [2.05, 4.69) is 73.1 Å². The lowest BCUT2D eigenvalue weighted by atomic mass is 10.2. The van der Waals surface area contributed by atoms with Crippen molar-refractivity contribution in [1.29, 1.82) is 0 Å². The second kappa shape index (κ2) is 20.5. The van der Waals surface area contributed by atoms with Crippen LogP contribution >= 0.6 is 31.9 Å². The van der Waals surface area contributed by atoms with Crippen LogP contribution in [-0.2, 0) is 0 Å². The zero-order valence-corrected chi connectivity index (χ0v) is 29.7. The van der Waals surface area contributed by atoms with Crippen molar-refractivity contribution < 1.29 is 10.2 Å². The molecular weight excluding hydrogens is 740 g/mol. The van der Waals surface area contributed by atoms with Gasteiger partial charge in [0.15, 0.2) is 24.3 Å². The number of nitrogens with one attached hydrogen (secondary N) is 4. The number of hydrogen-bond acceptors (Lipinski definition) is 12. The summed E-state index contributed by atoms with van der Waals surface area (Å²) in [7, 11) is 0. The summed E-state index contributed by atoms with van der Waals surface area (Å²) < 4.78 is 2.05. The lowest BCUT2D eigenvalue weighted by molar-refractivity contribution is 0.318. The van der Waals surface area contributed by atoms with Gasteiger partial charge in [0.25, 0.3) is 0 Å². The number of anilines is 2. The Kier molecular flexibility index (Phi) is 16.1. The molecule has 48 heavy (non-hydrogen) atoms. The molecule has 0 saturated heterocycles. The van der Waals surface area contributed by atoms with Crippen molar-refractivity contribution in [1.82, 2.24) is 10.6 Å². The SMILES string of the molecule is CCO.CCO.NC1=N[C@@H](c2ccccc2)N=C(Nc2ccc(Br)cc2)N1.NC1=N[C@H](c2ccccc2)N=C(Nc2ccc(Br)cc2)N1. The zero-order valence-electron chi connectivity index (χ0n) is 26.6. The number of aliphatic hydroxyl groups excluding tert-OH is 2. The molecule has 0 spiro atoms. The highest BCUT2D eigenvalue weighted by molar-refractivity contribution is 9.10. The Labute approximate surface area is 297 Å². The molecule has 2 aliphatic rings. The molecule has 4 aromatic carbocycles. The number of aliphatic hydroxyl groups is 2. The molecule has 0 saturated carbocycles. The van der Waals surface area contributed by atoms with Crippen molar-refractivity contribution in [2.75, 3.05) is 23.8 Å².